The van der Waals surface area contributed by atoms with Gasteiger partial charge in [0.15, 0.2) is 0 Å². The van der Waals surface area contributed by atoms with E-state index in [1.54, 1.807) is 13.1 Å². The van der Waals surface area contributed by atoms with E-state index in [2.05, 4.69) is 27.0 Å². The Labute approximate surface area is 171 Å². The number of benzene rings is 1. The fourth-order valence-corrected chi connectivity index (χ4v) is 4.41. The van der Waals surface area contributed by atoms with Crippen molar-refractivity contribution >= 4 is 29.8 Å². The summed E-state index contributed by atoms with van der Waals surface area (Å²) in [6.07, 6.45) is 2.69. The second kappa shape index (κ2) is 8.00. The van der Waals surface area contributed by atoms with Crippen molar-refractivity contribution in [2.75, 3.05) is 0 Å². The van der Waals surface area contributed by atoms with Gasteiger partial charge in [0.1, 0.15) is 10.8 Å². The molecule has 1 N–H and O–H groups in total. The number of urea groups is 1. The Morgan fingerprint density at radius 3 is 2.79 bits per heavy atom. The van der Waals surface area contributed by atoms with Gasteiger partial charge in [0, 0.05) is 22.9 Å². The third-order valence-electron chi connectivity index (χ3n) is 4.76. The summed E-state index contributed by atoms with van der Waals surface area (Å²) in [5.74, 6) is -0.746. The zero-order chi connectivity index (χ0) is 20.4. The molecule has 2 amide bonds. The van der Waals surface area contributed by atoms with Crippen LogP contribution in [-0.4, -0.2) is 28.4 Å². The standard InChI is InChI=1S/C21H18FN5OS/c1-12-18(19(27-21(28)25-12)15-7-16(22)10-24-9-15)20-26-17(11-29-20)14-5-3-13(4-6-14)8-23-2/h3-7,9-11,18-19H,2,8H2,1H3,(H,27,28). The third-order valence-corrected chi connectivity index (χ3v) is 5.69. The highest BCUT2D eigenvalue weighted by Crippen LogP contribution is 2.37. The number of thiazole rings is 1. The zero-order valence-corrected chi connectivity index (χ0v) is 16.5. The molecule has 3 aromatic rings. The highest BCUT2D eigenvalue weighted by Gasteiger charge is 2.35. The van der Waals surface area contributed by atoms with Crippen LogP contribution < -0.4 is 5.32 Å². The quantitative estimate of drug-likeness (QED) is 0.630. The lowest BCUT2D eigenvalue weighted by Gasteiger charge is -2.29. The van der Waals surface area contributed by atoms with E-state index in [0.29, 0.717) is 17.8 Å². The van der Waals surface area contributed by atoms with Crippen molar-refractivity contribution in [3.8, 4) is 11.3 Å². The van der Waals surface area contributed by atoms with Crippen molar-refractivity contribution in [3.63, 3.8) is 0 Å². The summed E-state index contributed by atoms with van der Waals surface area (Å²) in [6.45, 7) is 5.88. The zero-order valence-electron chi connectivity index (χ0n) is 15.7. The maximum atomic E-state index is 13.7. The number of amides is 2. The minimum atomic E-state index is -0.483. The smallest absolute Gasteiger partial charge is 0.328 e. The summed E-state index contributed by atoms with van der Waals surface area (Å²) >= 11 is 1.49. The van der Waals surface area contributed by atoms with Crippen LogP contribution in [0, 0.1) is 5.82 Å². The molecule has 3 heterocycles. The summed E-state index contributed by atoms with van der Waals surface area (Å²) in [4.78, 5) is 28.6. The predicted molar refractivity (Wildman–Crippen MR) is 112 cm³/mol. The minimum absolute atomic E-state index is 0.292. The Bertz CT molecular complexity index is 1090. The molecule has 0 bridgehead atoms. The molecule has 6 nitrogen and oxygen atoms in total. The van der Waals surface area contributed by atoms with Crippen LogP contribution in [0.15, 0.2) is 58.1 Å². The molecule has 8 heteroatoms. The molecule has 29 heavy (non-hydrogen) atoms. The first-order valence-corrected chi connectivity index (χ1v) is 9.86. The van der Waals surface area contributed by atoms with Gasteiger partial charge < -0.3 is 5.32 Å². The van der Waals surface area contributed by atoms with Gasteiger partial charge in [-0.25, -0.2) is 19.2 Å². The molecular weight excluding hydrogens is 389 g/mol. The van der Waals surface area contributed by atoms with Crippen molar-refractivity contribution in [1.29, 1.82) is 0 Å². The van der Waals surface area contributed by atoms with E-state index in [9.17, 15) is 9.18 Å². The van der Waals surface area contributed by atoms with E-state index in [1.807, 2.05) is 29.6 Å². The Balaban J connectivity index is 1.69. The average molecular weight is 407 g/mol. The summed E-state index contributed by atoms with van der Waals surface area (Å²) in [6, 6.07) is 8.44. The van der Waals surface area contributed by atoms with Gasteiger partial charge in [0.25, 0.3) is 0 Å². The van der Waals surface area contributed by atoms with E-state index in [4.69, 9.17) is 4.98 Å². The molecule has 2 atom stereocenters. The maximum Gasteiger partial charge on any atom is 0.341 e. The number of aliphatic imine (C=N–C) groups is 2. The van der Waals surface area contributed by atoms with Crippen LogP contribution in [0.5, 0.6) is 0 Å². The summed E-state index contributed by atoms with van der Waals surface area (Å²) < 4.78 is 13.7. The molecule has 1 aliphatic rings. The largest absolute Gasteiger partial charge is 0.341 e. The normalized spacial score (nSPS) is 18.8. The predicted octanol–water partition coefficient (Wildman–Crippen LogP) is 4.55. The second-order valence-electron chi connectivity index (χ2n) is 6.74. The lowest BCUT2D eigenvalue weighted by molar-refractivity contribution is 0.243. The van der Waals surface area contributed by atoms with Gasteiger partial charge in [-0.1, -0.05) is 24.3 Å². The molecular formula is C21H18FN5OS. The highest BCUT2D eigenvalue weighted by molar-refractivity contribution is 7.10. The van der Waals surface area contributed by atoms with Crippen LogP contribution in [0.2, 0.25) is 0 Å². The number of rotatable bonds is 5. The number of halogens is 1. The van der Waals surface area contributed by atoms with Crippen LogP contribution >= 0.6 is 11.3 Å². The fraction of sp³-hybridized carbons (Fsp3) is 0.190. The molecule has 1 aliphatic heterocycles. The number of pyridine rings is 1. The van der Waals surface area contributed by atoms with Crippen molar-refractivity contribution in [3.05, 3.63) is 70.1 Å². The molecule has 0 saturated carbocycles. The molecule has 146 valence electrons. The molecule has 0 fully saturated rings. The Morgan fingerprint density at radius 1 is 1.28 bits per heavy atom. The van der Waals surface area contributed by atoms with Crippen molar-refractivity contribution in [2.45, 2.75) is 25.4 Å². The second-order valence-corrected chi connectivity index (χ2v) is 7.63. The molecule has 0 saturated heterocycles. The van der Waals surface area contributed by atoms with Gasteiger partial charge >= 0.3 is 6.03 Å². The molecule has 2 unspecified atom stereocenters. The Morgan fingerprint density at radius 2 is 2.07 bits per heavy atom. The first kappa shape index (κ1) is 19.1. The van der Waals surface area contributed by atoms with E-state index >= 15 is 0 Å². The Hall–Kier alpha value is -3.26. The Kier molecular flexibility index (Phi) is 5.26. The average Bonchev–Trinajstić information content (AvgIpc) is 3.18. The molecule has 0 aliphatic carbocycles. The van der Waals surface area contributed by atoms with Gasteiger partial charge in [-0.3, -0.25) is 9.98 Å². The minimum Gasteiger partial charge on any atom is -0.328 e. The topological polar surface area (TPSA) is 79.6 Å². The number of hydrogen-bond acceptors (Lipinski definition) is 5. The van der Waals surface area contributed by atoms with Gasteiger partial charge in [-0.15, -0.1) is 11.3 Å². The number of nitrogens with one attached hydrogen (secondary N) is 1. The van der Waals surface area contributed by atoms with Crippen LogP contribution in [-0.2, 0) is 6.54 Å². The lowest BCUT2D eigenvalue weighted by Crippen LogP contribution is -2.38. The highest BCUT2D eigenvalue weighted by atomic mass is 32.1. The van der Waals surface area contributed by atoms with Crippen LogP contribution in [0.4, 0.5) is 9.18 Å². The number of hydrogen-bond donors (Lipinski definition) is 1. The van der Waals surface area contributed by atoms with E-state index in [-0.39, 0.29) is 5.92 Å². The van der Waals surface area contributed by atoms with Gasteiger partial charge in [-0.2, -0.15) is 0 Å². The van der Waals surface area contributed by atoms with E-state index < -0.39 is 17.9 Å². The third kappa shape index (κ3) is 3.97. The monoisotopic (exact) mass is 407 g/mol. The number of carbonyl (C=O) groups is 1. The maximum absolute atomic E-state index is 13.7. The molecule has 2 aromatic heterocycles. The fourth-order valence-electron chi connectivity index (χ4n) is 3.39. The first-order valence-electron chi connectivity index (χ1n) is 8.98. The first-order chi connectivity index (χ1) is 14.0. The van der Waals surface area contributed by atoms with E-state index in [1.165, 1.54) is 17.4 Å². The van der Waals surface area contributed by atoms with Crippen LogP contribution in [0.25, 0.3) is 11.3 Å². The number of nitrogens with zero attached hydrogens (tertiary/aromatic N) is 4. The van der Waals surface area contributed by atoms with E-state index in [0.717, 1.165) is 28.0 Å². The van der Waals surface area contributed by atoms with Gasteiger partial charge in [0.05, 0.1) is 30.4 Å². The number of carbonyl (C=O) groups excluding carboxylic acids is 1. The van der Waals surface area contributed by atoms with Gasteiger partial charge in [0.2, 0.25) is 0 Å². The van der Waals surface area contributed by atoms with Crippen molar-refractivity contribution in [1.82, 2.24) is 15.3 Å². The molecule has 0 radical (unpaired) electrons. The number of aromatic nitrogens is 2. The summed E-state index contributed by atoms with van der Waals surface area (Å²) in [7, 11) is 0. The lowest BCUT2D eigenvalue weighted by atomic mass is 9.89. The molecule has 0 spiro atoms. The van der Waals surface area contributed by atoms with Crippen molar-refractivity contribution < 1.29 is 9.18 Å². The molecule has 1 aromatic carbocycles. The van der Waals surface area contributed by atoms with Gasteiger partial charge in [-0.05, 0) is 30.8 Å². The summed E-state index contributed by atoms with van der Waals surface area (Å²) in [5.41, 5.74) is 4.12. The van der Waals surface area contributed by atoms with Crippen LogP contribution in [0.1, 0.15) is 35.0 Å². The van der Waals surface area contributed by atoms with Crippen LogP contribution in [0.3, 0.4) is 0 Å². The molecule has 4 rings (SSSR count). The van der Waals surface area contributed by atoms with Crippen molar-refractivity contribution in [2.24, 2.45) is 9.98 Å². The summed E-state index contributed by atoms with van der Waals surface area (Å²) in [5, 5.41) is 5.60. The SMILES string of the molecule is C=NCc1ccc(-c2csc(C3C(C)=NC(=O)NC3c3cncc(F)c3)n2)cc1.